The summed E-state index contributed by atoms with van der Waals surface area (Å²) >= 11 is 10.0. The Morgan fingerprint density at radius 3 is 2.57 bits per heavy atom. The molecule has 0 spiro atoms. The van der Waals surface area contributed by atoms with Gasteiger partial charge in [0.1, 0.15) is 0 Å². The van der Waals surface area contributed by atoms with Crippen molar-refractivity contribution in [3.8, 4) is 0 Å². The summed E-state index contributed by atoms with van der Waals surface area (Å²) in [4.78, 5) is 6.59. The van der Waals surface area contributed by atoms with Crippen LogP contribution in [0.4, 0.5) is 5.69 Å². The standard InChI is InChI=1S/C19H22BrClN2/c1-5-23(4)12-22-17-9-14(3)19(21)16(11-17)10-15-6-7-18(20)13(2)8-15/h6-9,11-12H,5,10H2,1-4H3. The minimum Gasteiger partial charge on any atom is -0.366 e. The van der Waals surface area contributed by atoms with E-state index in [1.807, 2.05) is 31.3 Å². The molecule has 4 heteroatoms. The van der Waals surface area contributed by atoms with Crippen molar-refractivity contribution in [3.63, 3.8) is 0 Å². The lowest BCUT2D eigenvalue weighted by molar-refractivity contribution is 0.552. The van der Waals surface area contributed by atoms with Gasteiger partial charge in [0.05, 0.1) is 12.0 Å². The van der Waals surface area contributed by atoms with Crippen molar-refractivity contribution in [1.82, 2.24) is 4.90 Å². The third-order valence-corrected chi connectivity index (χ3v) is 5.26. The third kappa shape index (κ3) is 4.82. The summed E-state index contributed by atoms with van der Waals surface area (Å²) in [6.07, 6.45) is 2.66. The minimum absolute atomic E-state index is 0.806. The van der Waals surface area contributed by atoms with Crippen LogP contribution in [-0.4, -0.2) is 24.8 Å². The first-order valence-corrected chi connectivity index (χ1v) is 8.86. The van der Waals surface area contributed by atoms with Crippen molar-refractivity contribution in [3.05, 3.63) is 62.1 Å². The highest BCUT2D eigenvalue weighted by Gasteiger charge is 2.08. The molecule has 0 saturated carbocycles. The largest absolute Gasteiger partial charge is 0.366 e. The maximum atomic E-state index is 6.50. The predicted octanol–water partition coefficient (Wildman–Crippen LogP) is 5.92. The van der Waals surface area contributed by atoms with Crippen LogP contribution in [0, 0.1) is 13.8 Å². The molecule has 0 heterocycles. The van der Waals surface area contributed by atoms with Crippen LogP contribution in [0.3, 0.4) is 0 Å². The van der Waals surface area contributed by atoms with E-state index in [4.69, 9.17) is 11.6 Å². The van der Waals surface area contributed by atoms with Gasteiger partial charge in [0.25, 0.3) is 0 Å². The normalized spacial score (nSPS) is 11.2. The Kier molecular flexibility index (Phi) is 6.25. The second-order valence-electron chi connectivity index (χ2n) is 5.81. The summed E-state index contributed by atoms with van der Waals surface area (Å²) in [6.45, 7) is 7.16. The van der Waals surface area contributed by atoms with Crippen LogP contribution in [0.15, 0.2) is 39.8 Å². The molecule has 23 heavy (non-hydrogen) atoms. The van der Waals surface area contributed by atoms with E-state index in [1.165, 1.54) is 11.1 Å². The lowest BCUT2D eigenvalue weighted by Gasteiger charge is -2.11. The van der Waals surface area contributed by atoms with E-state index >= 15 is 0 Å². The first kappa shape index (κ1) is 18.0. The number of hydrogen-bond acceptors (Lipinski definition) is 1. The van der Waals surface area contributed by atoms with E-state index < -0.39 is 0 Å². The van der Waals surface area contributed by atoms with Gasteiger partial charge in [-0.1, -0.05) is 39.7 Å². The molecule has 0 fully saturated rings. The monoisotopic (exact) mass is 392 g/mol. The quantitative estimate of drug-likeness (QED) is 0.454. The molecule has 2 rings (SSSR count). The maximum Gasteiger partial charge on any atom is 0.0909 e. The lowest BCUT2D eigenvalue weighted by atomic mass is 10.0. The molecule has 2 nitrogen and oxygen atoms in total. The van der Waals surface area contributed by atoms with Gasteiger partial charge >= 0.3 is 0 Å². The minimum atomic E-state index is 0.806. The van der Waals surface area contributed by atoms with Crippen molar-refractivity contribution < 1.29 is 0 Å². The summed E-state index contributed by atoms with van der Waals surface area (Å²) in [6, 6.07) is 10.5. The second-order valence-corrected chi connectivity index (χ2v) is 7.05. The van der Waals surface area contributed by atoms with Crippen LogP contribution in [0.25, 0.3) is 0 Å². The number of aliphatic imine (C=N–C) groups is 1. The zero-order valence-corrected chi connectivity index (χ0v) is 16.4. The molecule has 2 aromatic carbocycles. The van der Waals surface area contributed by atoms with E-state index in [9.17, 15) is 0 Å². The second kappa shape index (κ2) is 7.98. The molecule has 2 aromatic rings. The van der Waals surface area contributed by atoms with Crippen LogP contribution >= 0.6 is 27.5 Å². The smallest absolute Gasteiger partial charge is 0.0909 e. The Morgan fingerprint density at radius 2 is 1.91 bits per heavy atom. The van der Waals surface area contributed by atoms with Crippen LogP contribution in [-0.2, 0) is 6.42 Å². The van der Waals surface area contributed by atoms with E-state index in [0.29, 0.717) is 0 Å². The molecule has 0 unspecified atom stereocenters. The first-order chi connectivity index (χ1) is 10.9. The molecule has 0 saturated heterocycles. The van der Waals surface area contributed by atoms with Gasteiger partial charge in [-0.25, -0.2) is 4.99 Å². The molecule has 0 bridgehead atoms. The summed E-state index contributed by atoms with van der Waals surface area (Å²) in [5.41, 5.74) is 5.59. The lowest BCUT2D eigenvalue weighted by Crippen LogP contribution is -2.14. The van der Waals surface area contributed by atoms with Crippen molar-refractivity contribution in [2.24, 2.45) is 4.99 Å². The molecule has 0 aliphatic rings. The third-order valence-electron chi connectivity index (χ3n) is 3.83. The fraction of sp³-hybridized carbons (Fsp3) is 0.316. The zero-order chi connectivity index (χ0) is 17.0. The van der Waals surface area contributed by atoms with Gasteiger partial charge in [0.2, 0.25) is 0 Å². The van der Waals surface area contributed by atoms with Crippen molar-refractivity contribution >= 4 is 39.6 Å². The molecule has 0 N–H and O–H groups in total. The van der Waals surface area contributed by atoms with E-state index in [-0.39, 0.29) is 0 Å². The highest BCUT2D eigenvalue weighted by molar-refractivity contribution is 9.10. The molecule has 0 radical (unpaired) electrons. The molecule has 122 valence electrons. The fourth-order valence-corrected chi connectivity index (χ4v) is 2.73. The Balaban J connectivity index is 2.31. The number of halogens is 2. The molecular weight excluding hydrogens is 372 g/mol. The molecular formula is C19H22BrClN2. The number of nitrogens with zero attached hydrogens (tertiary/aromatic N) is 2. The van der Waals surface area contributed by atoms with E-state index in [2.05, 4.69) is 59.0 Å². The van der Waals surface area contributed by atoms with Gasteiger partial charge in [0, 0.05) is 23.1 Å². The van der Waals surface area contributed by atoms with Gasteiger partial charge in [-0.05, 0) is 67.6 Å². The molecule has 0 aliphatic heterocycles. The summed E-state index contributed by atoms with van der Waals surface area (Å²) in [5, 5.41) is 0.827. The number of rotatable bonds is 5. The van der Waals surface area contributed by atoms with Gasteiger partial charge in [-0.2, -0.15) is 0 Å². The summed E-state index contributed by atoms with van der Waals surface area (Å²) in [5.74, 6) is 0. The van der Waals surface area contributed by atoms with Gasteiger partial charge in [-0.3, -0.25) is 0 Å². The van der Waals surface area contributed by atoms with Crippen LogP contribution in [0.2, 0.25) is 5.02 Å². The van der Waals surface area contributed by atoms with E-state index in [1.54, 1.807) is 0 Å². The number of benzene rings is 2. The molecule has 0 atom stereocenters. The van der Waals surface area contributed by atoms with Crippen molar-refractivity contribution in [2.45, 2.75) is 27.2 Å². The number of aryl methyl sites for hydroxylation is 2. The highest BCUT2D eigenvalue weighted by Crippen LogP contribution is 2.29. The number of hydrogen-bond donors (Lipinski definition) is 0. The predicted molar refractivity (Wildman–Crippen MR) is 104 cm³/mol. The summed E-state index contributed by atoms with van der Waals surface area (Å²) in [7, 11) is 2.01. The topological polar surface area (TPSA) is 15.6 Å². The van der Waals surface area contributed by atoms with Gasteiger partial charge < -0.3 is 4.90 Å². The Morgan fingerprint density at radius 1 is 1.17 bits per heavy atom. The van der Waals surface area contributed by atoms with E-state index in [0.717, 1.165) is 39.3 Å². The SMILES string of the molecule is CCN(C)C=Nc1cc(C)c(Cl)c(Cc2ccc(Br)c(C)c2)c1. The maximum absolute atomic E-state index is 6.50. The molecule has 0 aliphatic carbocycles. The average Bonchev–Trinajstić information content (AvgIpc) is 2.53. The molecule has 0 aromatic heterocycles. The van der Waals surface area contributed by atoms with Gasteiger partial charge in [-0.15, -0.1) is 0 Å². The average molecular weight is 394 g/mol. The Labute approximate surface area is 152 Å². The van der Waals surface area contributed by atoms with Crippen molar-refractivity contribution in [2.75, 3.05) is 13.6 Å². The summed E-state index contributed by atoms with van der Waals surface area (Å²) < 4.78 is 1.13. The molecule has 0 amide bonds. The Bertz CT molecular complexity index is 726. The van der Waals surface area contributed by atoms with Crippen LogP contribution in [0.5, 0.6) is 0 Å². The zero-order valence-electron chi connectivity index (χ0n) is 14.0. The Hall–Kier alpha value is -1.32. The van der Waals surface area contributed by atoms with Crippen LogP contribution in [0.1, 0.15) is 29.2 Å². The highest BCUT2D eigenvalue weighted by atomic mass is 79.9. The first-order valence-electron chi connectivity index (χ1n) is 7.69. The van der Waals surface area contributed by atoms with Crippen LogP contribution < -0.4 is 0 Å². The van der Waals surface area contributed by atoms with Crippen molar-refractivity contribution in [1.29, 1.82) is 0 Å². The van der Waals surface area contributed by atoms with Gasteiger partial charge in [0.15, 0.2) is 0 Å². The fourth-order valence-electron chi connectivity index (χ4n) is 2.31.